The van der Waals surface area contributed by atoms with Gasteiger partial charge in [-0.05, 0) is 31.0 Å². The van der Waals surface area contributed by atoms with Crippen LogP contribution in [0.5, 0.6) is 0 Å². The molecule has 0 unspecified atom stereocenters. The van der Waals surface area contributed by atoms with Crippen LogP contribution in [-0.4, -0.2) is 25.0 Å². The maximum atomic E-state index is 13.9. The first-order valence-corrected chi connectivity index (χ1v) is 8.55. The van der Waals surface area contributed by atoms with Crippen molar-refractivity contribution in [3.63, 3.8) is 0 Å². The highest BCUT2D eigenvalue weighted by atomic mass is 79.9. The van der Waals surface area contributed by atoms with Crippen molar-refractivity contribution in [2.24, 2.45) is 10.9 Å². The van der Waals surface area contributed by atoms with Gasteiger partial charge in [-0.15, -0.1) is 0 Å². The Morgan fingerprint density at radius 3 is 2.57 bits per heavy atom. The highest BCUT2D eigenvalue weighted by Crippen LogP contribution is 2.32. The third-order valence-corrected chi connectivity index (χ3v) is 5.63. The maximum Gasteiger partial charge on any atom is 0.244 e. The Labute approximate surface area is 130 Å². The van der Waals surface area contributed by atoms with E-state index in [9.17, 15) is 12.8 Å². The monoisotopic (exact) mass is 379 g/mol. The third-order valence-electron chi connectivity index (χ3n) is 3.57. The lowest BCUT2D eigenvalue weighted by Gasteiger charge is -2.28. The van der Waals surface area contributed by atoms with E-state index >= 15 is 0 Å². The van der Waals surface area contributed by atoms with E-state index in [4.69, 9.17) is 10.9 Å². The third kappa shape index (κ3) is 3.19. The van der Waals surface area contributed by atoms with E-state index in [2.05, 4.69) is 25.8 Å². The average Bonchev–Trinajstić information content (AvgIpc) is 2.86. The number of nitrogens with zero attached hydrogens (tertiary/aromatic N) is 1. The van der Waals surface area contributed by atoms with Gasteiger partial charge in [0.15, 0.2) is 5.84 Å². The SMILES string of the molecule is N/C(=N/O)C1(NS(=O)(=O)c2ccc(Br)cc2F)CCCC1. The van der Waals surface area contributed by atoms with Gasteiger partial charge >= 0.3 is 0 Å². The van der Waals surface area contributed by atoms with Gasteiger partial charge in [0.1, 0.15) is 10.7 Å². The molecule has 0 spiro atoms. The molecule has 21 heavy (non-hydrogen) atoms. The molecular weight excluding hydrogens is 365 g/mol. The Bertz CT molecular complexity index is 672. The standard InChI is InChI=1S/C12H15BrFN3O3S/c13-8-3-4-10(9(14)7-8)21(19,20)17-12(11(15)16-18)5-1-2-6-12/h3-4,7,17-18H,1-2,5-6H2,(H2,15,16). The molecule has 0 atom stereocenters. The molecule has 0 aromatic heterocycles. The number of amidine groups is 1. The van der Waals surface area contributed by atoms with Gasteiger partial charge in [-0.2, -0.15) is 4.72 Å². The van der Waals surface area contributed by atoms with Crippen molar-refractivity contribution >= 4 is 31.8 Å². The van der Waals surface area contributed by atoms with Crippen LogP contribution in [0.3, 0.4) is 0 Å². The van der Waals surface area contributed by atoms with E-state index in [1.165, 1.54) is 6.07 Å². The molecule has 0 bridgehead atoms. The molecule has 1 aliphatic carbocycles. The van der Waals surface area contributed by atoms with E-state index in [1.54, 1.807) is 0 Å². The van der Waals surface area contributed by atoms with Crippen molar-refractivity contribution in [3.8, 4) is 0 Å². The summed E-state index contributed by atoms with van der Waals surface area (Å²) < 4.78 is 41.5. The Kier molecular flexibility index (Phi) is 4.54. The number of nitrogens with two attached hydrogens (primary N) is 1. The van der Waals surface area contributed by atoms with Crippen molar-refractivity contribution in [3.05, 3.63) is 28.5 Å². The molecule has 1 aliphatic rings. The van der Waals surface area contributed by atoms with E-state index in [1.807, 2.05) is 0 Å². The van der Waals surface area contributed by atoms with E-state index < -0.39 is 26.3 Å². The van der Waals surface area contributed by atoms with Gasteiger partial charge in [0, 0.05) is 4.47 Å². The fourth-order valence-corrected chi connectivity index (χ4v) is 4.32. The molecule has 0 radical (unpaired) electrons. The molecule has 1 fully saturated rings. The zero-order valence-electron chi connectivity index (χ0n) is 11.0. The van der Waals surface area contributed by atoms with E-state index in [0.29, 0.717) is 17.3 Å². The first-order valence-electron chi connectivity index (χ1n) is 6.28. The number of nitrogens with one attached hydrogen (secondary N) is 1. The molecule has 0 aliphatic heterocycles. The highest BCUT2D eigenvalue weighted by molar-refractivity contribution is 9.10. The summed E-state index contributed by atoms with van der Waals surface area (Å²) in [5, 5.41) is 11.8. The second kappa shape index (κ2) is 5.90. The quantitative estimate of drug-likeness (QED) is 0.321. The van der Waals surface area contributed by atoms with E-state index in [0.717, 1.165) is 25.0 Å². The van der Waals surface area contributed by atoms with Crippen LogP contribution in [0.4, 0.5) is 4.39 Å². The molecule has 0 heterocycles. The zero-order valence-corrected chi connectivity index (χ0v) is 13.4. The van der Waals surface area contributed by atoms with E-state index in [-0.39, 0.29) is 5.84 Å². The maximum absolute atomic E-state index is 13.9. The van der Waals surface area contributed by atoms with Crippen molar-refractivity contribution in [1.29, 1.82) is 0 Å². The van der Waals surface area contributed by atoms with Gasteiger partial charge in [-0.1, -0.05) is 33.9 Å². The number of sulfonamides is 1. The zero-order chi connectivity index (χ0) is 15.7. The lowest BCUT2D eigenvalue weighted by molar-refractivity contribution is 0.309. The summed E-state index contributed by atoms with van der Waals surface area (Å²) in [7, 11) is -4.12. The number of hydrogen-bond acceptors (Lipinski definition) is 4. The van der Waals surface area contributed by atoms with Gasteiger partial charge in [-0.25, -0.2) is 12.8 Å². The van der Waals surface area contributed by atoms with Crippen LogP contribution in [0.1, 0.15) is 25.7 Å². The van der Waals surface area contributed by atoms with Crippen molar-refractivity contribution in [2.45, 2.75) is 36.1 Å². The lowest BCUT2D eigenvalue weighted by atomic mass is 9.98. The summed E-state index contributed by atoms with van der Waals surface area (Å²) in [5.41, 5.74) is 4.47. The number of benzene rings is 1. The molecule has 1 saturated carbocycles. The molecular formula is C12H15BrFN3O3S. The molecule has 2 rings (SSSR count). The minimum atomic E-state index is -4.12. The Hall–Kier alpha value is -1.19. The molecule has 6 nitrogen and oxygen atoms in total. The Morgan fingerprint density at radius 2 is 2.05 bits per heavy atom. The van der Waals surface area contributed by atoms with Crippen LogP contribution in [0.15, 0.2) is 32.7 Å². The van der Waals surface area contributed by atoms with Gasteiger partial charge in [-0.3, -0.25) is 0 Å². The minimum Gasteiger partial charge on any atom is -0.409 e. The van der Waals surface area contributed by atoms with Crippen LogP contribution in [-0.2, 0) is 10.0 Å². The Balaban J connectivity index is 2.40. The van der Waals surface area contributed by atoms with Gasteiger partial charge in [0.25, 0.3) is 0 Å². The largest absolute Gasteiger partial charge is 0.409 e. The summed E-state index contributed by atoms with van der Waals surface area (Å²) in [5.74, 6) is -1.08. The van der Waals surface area contributed by atoms with Crippen molar-refractivity contribution in [1.82, 2.24) is 4.72 Å². The highest BCUT2D eigenvalue weighted by Gasteiger charge is 2.42. The van der Waals surface area contributed by atoms with Crippen LogP contribution in [0, 0.1) is 5.82 Å². The van der Waals surface area contributed by atoms with Gasteiger partial charge in [0.2, 0.25) is 10.0 Å². The molecule has 116 valence electrons. The Morgan fingerprint density at radius 1 is 1.43 bits per heavy atom. The van der Waals surface area contributed by atoms with Crippen molar-refractivity contribution in [2.75, 3.05) is 0 Å². The lowest BCUT2D eigenvalue weighted by Crippen LogP contribution is -2.55. The second-order valence-corrected chi connectivity index (χ2v) is 7.52. The molecule has 9 heteroatoms. The molecule has 4 N–H and O–H groups in total. The molecule has 0 amide bonds. The van der Waals surface area contributed by atoms with Gasteiger partial charge < -0.3 is 10.9 Å². The number of rotatable bonds is 4. The predicted octanol–water partition coefficient (Wildman–Crippen LogP) is 1.93. The summed E-state index contributed by atoms with van der Waals surface area (Å²) in [6.45, 7) is 0. The predicted molar refractivity (Wildman–Crippen MR) is 79.0 cm³/mol. The number of halogens is 2. The average molecular weight is 380 g/mol. The minimum absolute atomic E-state index is 0.207. The summed E-state index contributed by atoms with van der Waals surface area (Å²) in [6, 6.07) is 3.67. The first kappa shape index (κ1) is 16.2. The fourth-order valence-electron chi connectivity index (χ4n) is 2.49. The van der Waals surface area contributed by atoms with Crippen LogP contribution >= 0.6 is 15.9 Å². The number of oxime groups is 1. The molecule has 0 saturated heterocycles. The first-order chi connectivity index (χ1) is 9.81. The van der Waals surface area contributed by atoms with Crippen LogP contribution < -0.4 is 10.5 Å². The fraction of sp³-hybridized carbons (Fsp3) is 0.417. The second-order valence-electron chi connectivity index (χ2n) is 4.95. The topological polar surface area (TPSA) is 105 Å². The number of hydrogen-bond donors (Lipinski definition) is 3. The summed E-state index contributed by atoms with van der Waals surface area (Å²) in [6.07, 6.45) is 2.28. The van der Waals surface area contributed by atoms with Crippen LogP contribution in [0.25, 0.3) is 0 Å². The van der Waals surface area contributed by atoms with Crippen LogP contribution in [0.2, 0.25) is 0 Å². The summed E-state index contributed by atoms with van der Waals surface area (Å²) >= 11 is 3.07. The van der Waals surface area contributed by atoms with Crippen molar-refractivity contribution < 1.29 is 18.0 Å². The normalized spacial score (nSPS) is 18.9. The van der Waals surface area contributed by atoms with Gasteiger partial charge in [0.05, 0.1) is 5.54 Å². The summed E-state index contributed by atoms with van der Waals surface area (Å²) in [4.78, 5) is -0.470. The molecule has 1 aromatic carbocycles. The molecule has 1 aromatic rings. The smallest absolute Gasteiger partial charge is 0.244 e.